The van der Waals surface area contributed by atoms with Crippen LogP contribution in [-0.4, -0.2) is 18.2 Å². The number of rotatable bonds is 5. The Morgan fingerprint density at radius 1 is 1.29 bits per heavy atom. The van der Waals surface area contributed by atoms with Gasteiger partial charge < -0.3 is 10.1 Å². The van der Waals surface area contributed by atoms with Gasteiger partial charge in [0.1, 0.15) is 5.60 Å². The van der Waals surface area contributed by atoms with Gasteiger partial charge in [0.25, 0.3) is 0 Å². The van der Waals surface area contributed by atoms with E-state index in [0.717, 1.165) is 23.1 Å². The predicted molar refractivity (Wildman–Crippen MR) is 89.0 cm³/mol. The SMILES string of the molecule is C=C(C)c1ccc(C=CCCNC(=O)OC(C)(C)C)cc1. The molecule has 1 aromatic rings. The molecule has 0 atom stereocenters. The van der Waals surface area contributed by atoms with Crippen LogP contribution in [0, 0.1) is 0 Å². The van der Waals surface area contributed by atoms with Crippen LogP contribution in [0.3, 0.4) is 0 Å². The van der Waals surface area contributed by atoms with Crippen molar-refractivity contribution in [3.63, 3.8) is 0 Å². The van der Waals surface area contributed by atoms with Gasteiger partial charge in [0.2, 0.25) is 0 Å². The van der Waals surface area contributed by atoms with Crippen molar-refractivity contribution in [3.05, 3.63) is 48.0 Å². The van der Waals surface area contributed by atoms with Crippen LogP contribution in [0.2, 0.25) is 0 Å². The fourth-order valence-electron chi connectivity index (χ4n) is 1.67. The first-order chi connectivity index (χ1) is 9.78. The minimum absolute atomic E-state index is 0.373. The van der Waals surface area contributed by atoms with Gasteiger partial charge in [0.15, 0.2) is 0 Å². The van der Waals surface area contributed by atoms with E-state index in [-0.39, 0.29) is 6.09 Å². The Balaban J connectivity index is 2.32. The van der Waals surface area contributed by atoms with Crippen molar-refractivity contribution >= 4 is 17.7 Å². The lowest BCUT2D eigenvalue weighted by Crippen LogP contribution is -2.32. The Morgan fingerprint density at radius 3 is 2.43 bits per heavy atom. The summed E-state index contributed by atoms with van der Waals surface area (Å²) in [5.74, 6) is 0. The Bertz CT molecular complexity index is 507. The largest absolute Gasteiger partial charge is 0.444 e. The monoisotopic (exact) mass is 287 g/mol. The summed E-state index contributed by atoms with van der Waals surface area (Å²) in [7, 11) is 0. The van der Waals surface area contributed by atoms with Crippen molar-refractivity contribution in [1.29, 1.82) is 0 Å². The third kappa shape index (κ3) is 7.35. The molecule has 0 radical (unpaired) electrons. The third-order valence-electron chi connectivity index (χ3n) is 2.69. The van der Waals surface area contributed by atoms with E-state index < -0.39 is 5.60 Å². The van der Waals surface area contributed by atoms with Crippen LogP contribution in [0.25, 0.3) is 11.6 Å². The van der Waals surface area contributed by atoms with E-state index in [4.69, 9.17) is 4.74 Å². The molecule has 1 rings (SSSR count). The maximum Gasteiger partial charge on any atom is 0.407 e. The fourth-order valence-corrected chi connectivity index (χ4v) is 1.67. The molecule has 0 spiro atoms. The van der Waals surface area contributed by atoms with Crippen LogP contribution in [-0.2, 0) is 4.74 Å². The van der Waals surface area contributed by atoms with Crippen molar-refractivity contribution in [3.8, 4) is 0 Å². The summed E-state index contributed by atoms with van der Waals surface area (Å²) in [6.45, 7) is 12.0. The minimum Gasteiger partial charge on any atom is -0.444 e. The summed E-state index contributed by atoms with van der Waals surface area (Å²) in [6.07, 6.45) is 4.47. The van der Waals surface area contributed by atoms with Crippen molar-refractivity contribution < 1.29 is 9.53 Å². The van der Waals surface area contributed by atoms with Crippen LogP contribution < -0.4 is 5.32 Å². The lowest BCUT2D eigenvalue weighted by molar-refractivity contribution is 0.0529. The molecule has 0 heterocycles. The number of ether oxygens (including phenoxy) is 1. The molecule has 1 aromatic carbocycles. The van der Waals surface area contributed by atoms with E-state index >= 15 is 0 Å². The molecule has 0 aliphatic rings. The van der Waals surface area contributed by atoms with Gasteiger partial charge in [-0.05, 0) is 45.2 Å². The fraction of sp³-hybridized carbons (Fsp3) is 0.389. The van der Waals surface area contributed by atoms with Crippen LogP contribution in [0.15, 0.2) is 36.9 Å². The smallest absolute Gasteiger partial charge is 0.407 e. The molecule has 0 aliphatic heterocycles. The second-order valence-corrected chi connectivity index (χ2v) is 6.02. The van der Waals surface area contributed by atoms with Crippen molar-refractivity contribution in [2.75, 3.05) is 6.54 Å². The number of nitrogens with one attached hydrogen (secondary N) is 1. The highest BCUT2D eigenvalue weighted by molar-refractivity contribution is 5.67. The number of carbonyl (C=O) groups is 1. The highest BCUT2D eigenvalue weighted by atomic mass is 16.6. The van der Waals surface area contributed by atoms with Crippen molar-refractivity contribution in [2.45, 2.75) is 39.7 Å². The van der Waals surface area contributed by atoms with Crippen molar-refractivity contribution in [1.82, 2.24) is 5.32 Å². The zero-order valence-electron chi connectivity index (χ0n) is 13.4. The summed E-state index contributed by atoms with van der Waals surface area (Å²) in [4.78, 5) is 11.4. The first-order valence-corrected chi connectivity index (χ1v) is 7.17. The molecule has 3 heteroatoms. The third-order valence-corrected chi connectivity index (χ3v) is 2.69. The highest BCUT2D eigenvalue weighted by Gasteiger charge is 2.15. The Labute approximate surface area is 127 Å². The predicted octanol–water partition coefficient (Wildman–Crippen LogP) is 4.65. The number of hydrogen-bond acceptors (Lipinski definition) is 2. The molecular weight excluding hydrogens is 262 g/mol. The van der Waals surface area contributed by atoms with E-state index in [1.54, 1.807) is 0 Å². The first kappa shape index (κ1) is 17.0. The van der Waals surface area contributed by atoms with Crippen LogP contribution in [0.5, 0.6) is 0 Å². The molecule has 0 bridgehead atoms. The highest BCUT2D eigenvalue weighted by Crippen LogP contribution is 2.13. The molecule has 0 aliphatic carbocycles. The lowest BCUT2D eigenvalue weighted by atomic mass is 10.1. The van der Waals surface area contributed by atoms with E-state index in [9.17, 15) is 4.79 Å². The zero-order valence-corrected chi connectivity index (χ0v) is 13.4. The maximum absolute atomic E-state index is 11.4. The molecule has 114 valence electrons. The second kappa shape index (κ2) is 7.67. The van der Waals surface area contributed by atoms with Crippen LogP contribution >= 0.6 is 0 Å². The molecule has 21 heavy (non-hydrogen) atoms. The molecule has 0 unspecified atom stereocenters. The molecule has 0 fully saturated rings. The van der Waals surface area contributed by atoms with Crippen LogP contribution in [0.4, 0.5) is 4.79 Å². The second-order valence-electron chi connectivity index (χ2n) is 6.02. The molecular formula is C18H25NO2. The lowest BCUT2D eigenvalue weighted by Gasteiger charge is -2.19. The van der Waals surface area contributed by atoms with E-state index in [0.29, 0.717) is 6.54 Å². The number of benzene rings is 1. The van der Waals surface area contributed by atoms with Gasteiger partial charge in [-0.3, -0.25) is 0 Å². The number of allylic oxidation sites excluding steroid dienone is 1. The molecule has 0 saturated carbocycles. The average molecular weight is 287 g/mol. The van der Waals surface area contributed by atoms with E-state index in [1.807, 2.05) is 39.8 Å². The van der Waals surface area contributed by atoms with E-state index in [2.05, 4.69) is 36.2 Å². The van der Waals surface area contributed by atoms with Crippen molar-refractivity contribution in [2.24, 2.45) is 0 Å². The van der Waals surface area contributed by atoms with Gasteiger partial charge in [0, 0.05) is 6.54 Å². The first-order valence-electron chi connectivity index (χ1n) is 7.17. The maximum atomic E-state index is 11.4. The van der Waals surface area contributed by atoms with Gasteiger partial charge in [-0.15, -0.1) is 0 Å². The normalized spacial score (nSPS) is 11.4. The summed E-state index contributed by atoms with van der Waals surface area (Å²) in [5, 5.41) is 2.73. The number of alkyl carbamates (subject to hydrolysis) is 1. The Morgan fingerprint density at radius 2 is 1.90 bits per heavy atom. The van der Waals surface area contributed by atoms with Gasteiger partial charge in [-0.2, -0.15) is 0 Å². The number of hydrogen-bond donors (Lipinski definition) is 1. The topological polar surface area (TPSA) is 38.3 Å². The number of amides is 1. The zero-order chi connectivity index (χ0) is 15.9. The van der Waals surface area contributed by atoms with E-state index in [1.165, 1.54) is 0 Å². The van der Waals surface area contributed by atoms with Gasteiger partial charge in [0.05, 0.1) is 0 Å². The van der Waals surface area contributed by atoms with Crippen LogP contribution in [0.1, 0.15) is 45.2 Å². The summed E-state index contributed by atoms with van der Waals surface area (Å²) in [6, 6.07) is 8.23. The molecule has 0 aromatic heterocycles. The standard InChI is InChI=1S/C18H25NO2/c1-14(2)16-11-9-15(10-12-16)8-6-7-13-19-17(20)21-18(3,4)5/h6,8-12H,1,7,13H2,2-5H3,(H,19,20). The summed E-state index contributed by atoms with van der Waals surface area (Å²) >= 11 is 0. The Kier molecular flexibility index (Phi) is 6.22. The molecule has 3 nitrogen and oxygen atoms in total. The quantitative estimate of drug-likeness (QED) is 0.801. The summed E-state index contributed by atoms with van der Waals surface area (Å²) in [5.41, 5.74) is 2.90. The average Bonchev–Trinajstić information content (AvgIpc) is 2.36. The van der Waals surface area contributed by atoms with Gasteiger partial charge in [-0.25, -0.2) is 4.79 Å². The van der Waals surface area contributed by atoms with Gasteiger partial charge in [-0.1, -0.05) is 48.6 Å². The minimum atomic E-state index is -0.453. The summed E-state index contributed by atoms with van der Waals surface area (Å²) < 4.78 is 5.16. The molecule has 1 N–H and O–H groups in total. The van der Waals surface area contributed by atoms with Gasteiger partial charge >= 0.3 is 6.09 Å². The molecule has 1 amide bonds. The Hall–Kier alpha value is -2.03. The molecule has 0 saturated heterocycles. The number of carbonyl (C=O) groups excluding carboxylic acids is 1.